The predicted octanol–water partition coefficient (Wildman–Crippen LogP) is 4.77. The number of anilines is 2. The highest BCUT2D eigenvalue weighted by atomic mass is 16.5. The summed E-state index contributed by atoms with van der Waals surface area (Å²) >= 11 is 0. The van der Waals surface area contributed by atoms with Crippen molar-refractivity contribution in [1.29, 1.82) is 0 Å². The van der Waals surface area contributed by atoms with Gasteiger partial charge in [-0.2, -0.15) is 4.98 Å². The normalized spacial score (nSPS) is 10.5. The fourth-order valence-corrected chi connectivity index (χ4v) is 2.98. The zero-order chi connectivity index (χ0) is 21.5. The summed E-state index contributed by atoms with van der Waals surface area (Å²) in [5.41, 5.74) is 2.95. The lowest BCUT2D eigenvalue weighted by Gasteiger charge is -2.11. The first-order valence-corrected chi connectivity index (χ1v) is 9.83. The number of amides is 2. The van der Waals surface area contributed by atoms with Crippen molar-refractivity contribution < 1.29 is 14.1 Å². The van der Waals surface area contributed by atoms with Gasteiger partial charge < -0.3 is 19.9 Å². The maximum atomic E-state index is 12.5. The zero-order valence-corrected chi connectivity index (χ0v) is 16.9. The molecule has 31 heavy (non-hydrogen) atoms. The molecule has 0 unspecified atom stereocenters. The van der Waals surface area contributed by atoms with Gasteiger partial charge in [0.1, 0.15) is 5.75 Å². The number of carbonyl (C=O) groups excluding carboxylic acids is 1. The molecule has 0 bridgehead atoms. The quantitative estimate of drug-likeness (QED) is 0.451. The summed E-state index contributed by atoms with van der Waals surface area (Å²) < 4.78 is 10.8. The first kappa shape index (κ1) is 20.1. The maximum Gasteiger partial charge on any atom is 0.323 e. The van der Waals surface area contributed by atoms with Crippen molar-refractivity contribution in [1.82, 2.24) is 15.1 Å². The molecule has 2 amide bonds. The summed E-state index contributed by atoms with van der Waals surface area (Å²) in [5.74, 6) is 1.67. The van der Waals surface area contributed by atoms with E-state index in [-0.39, 0.29) is 6.03 Å². The van der Waals surface area contributed by atoms with Crippen LogP contribution in [0.4, 0.5) is 16.2 Å². The highest BCUT2D eigenvalue weighted by molar-refractivity contribution is 6.00. The van der Waals surface area contributed by atoms with E-state index in [0.717, 1.165) is 16.9 Å². The molecule has 0 aliphatic heterocycles. The molecule has 0 saturated heterocycles. The molecule has 0 saturated carbocycles. The third-order valence-electron chi connectivity index (χ3n) is 4.42. The van der Waals surface area contributed by atoms with Gasteiger partial charge >= 0.3 is 6.03 Å². The second-order valence-corrected chi connectivity index (χ2v) is 6.62. The Bertz CT molecular complexity index is 1140. The van der Waals surface area contributed by atoms with Crippen LogP contribution in [0.2, 0.25) is 0 Å². The molecule has 0 radical (unpaired) electrons. The summed E-state index contributed by atoms with van der Waals surface area (Å²) in [4.78, 5) is 21.0. The molecule has 0 atom stereocenters. The molecular formula is C23H21N5O3. The van der Waals surface area contributed by atoms with Crippen molar-refractivity contribution in [3.05, 3.63) is 84.5 Å². The minimum absolute atomic E-state index is 0.349. The highest BCUT2D eigenvalue weighted by Gasteiger charge is 2.13. The van der Waals surface area contributed by atoms with Crippen LogP contribution in [0.3, 0.4) is 0 Å². The van der Waals surface area contributed by atoms with Gasteiger partial charge in [0.2, 0.25) is 11.7 Å². The molecule has 2 aromatic heterocycles. The van der Waals surface area contributed by atoms with Crippen LogP contribution in [0.1, 0.15) is 18.4 Å². The van der Waals surface area contributed by atoms with Gasteiger partial charge in [-0.25, -0.2) is 4.79 Å². The number of ether oxygens (including phenoxy) is 1. The van der Waals surface area contributed by atoms with Crippen LogP contribution in [0, 0.1) is 0 Å². The number of nitrogens with one attached hydrogen (secondary N) is 2. The van der Waals surface area contributed by atoms with E-state index < -0.39 is 0 Å². The Labute approximate surface area is 179 Å². The number of rotatable bonds is 7. The first-order chi connectivity index (χ1) is 15.2. The Kier molecular flexibility index (Phi) is 6.18. The lowest BCUT2D eigenvalue weighted by Crippen LogP contribution is -2.20. The monoisotopic (exact) mass is 415 g/mol. The number of nitrogens with zero attached hydrogens (tertiary/aromatic N) is 3. The number of urea groups is 1. The van der Waals surface area contributed by atoms with Gasteiger partial charge in [-0.1, -0.05) is 23.4 Å². The Balaban J connectivity index is 1.42. The Morgan fingerprint density at radius 3 is 2.65 bits per heavy atom. The fourth-order valence-electron chi connectivity index (χ4n) is 2.98. The van der Waals surface area contributed by atoms with E-state index >= 15 is 0 Å². The third kappa shape index (κ3) is 5.24. The van der Waals surface area contributed by atoms with Crippen molar-refractivity contribution in [2.24, 2.45) is 0 Å². The molecule has 2 aromatic carbocycles. The smallest absolute Gasteiger partial charge is 0.323 e. The lowest BCUT2D eigenvalue weighted by molar-refractivity contribution is 0.262. The molecule has 8 nitrogen and oxygen atoms in total. The van der Waals surface area contributed by atoms with E-state index in [1.54, 1.807) is 24.5 Å². The topological polar surface area (TPSA) is 102 Å². The summed E-state index contributed by atoms with van der Waals surface area (Å²) in [5, 5.41) is 9.70. The van der Waals surface area contributed by atoms with Crippen LogP contribution < -0.4 is 15.4 Å². The van der Waals surface area contributed by atoms with E-state index in [4.69, 9.17) is 9.26 Å². The molecule has 4 rings (SSSR count). The van der Waals surface area contributed by atoms with Crippen LogP contribution >= 0.6 is 0 Å². The second-order valence-electron chi connectivity index (χ2n) is 6.62. The van der Waals surface area contributed by atoms with E-state index in [0.29, 0.717) is 36.1 Å². The van der Waals surface area contributed by atoms with E-state index in [1.165, 1.54) is 0 Å². The van der Waals surface area contributed by atoms with Crippen LogP contribution in [0.15, 0.2) is 77.6 Å². The maximum absolute atomic E-state index is 12.5. The van der Waals surface area contributed by atoms with E-state index in [2.05, 4.69) is 25.8 Å². The van der Waals surface area contributed by atoms with Gasteiger partial charge in [0.05, 0.1) is 13.0 Å². The molecule has 0 spiro atoms. The average Bonchev–Trinajstić information content (AvgIpc) is 3.26. The van der Waals surface area contributed by atoms with Crippen LogP contribution in [-0.2, 0) is 6.42 Å². The number of hydrogen-bond acceptors (Lipinski definition) is 6. The van der Waals surface area contributed by atoms with Gasteiger partial charge in [0.25, 0.3) is 0 Å². The van der Waals surface area contributed by atoms with Gasteiger partial charge in [0, 0.05) is 29.3 Å². The summed E-state index contributed by atoms with van der Waals surface area (Å²) in [7, 11) is 0. The number of pyridine rings is 1. The molecule has 4 aromatic rings. The van der Waals surface area contributed by atoms with Gasteiger partial charge in [-0.15, -0.1) is 0 Å². The van der Waals surface area contributed by atoms with E-state index in [9.17, 15) is 4.79 Å². The second kappa shape index (κ2) is 9.53. The van der Waals surface area contributed by atoms with Gasteiger partial charge in [-0.3, -0.25) is 4.98 Å². The number of benzene rings is 2. The summed E-state index contributed by atoms with van der Waals surface area (Å²) in [6.45, 7) is 2.51. The van der Waals surface area contributed by atoms with Gasteiger partial charge in [0.15, 0.2) is 0 Å². The number of aromatic nitrogens is 3. The van der Waals surface area contributed by atoms with Crippen molar-refractivity contribution in [3.63, 3.8) is 0 Å². The van der Waals surface area contributed by atoms with Gasteiger partial charge in [-0.05, 0) is 55.0 Å². The average molecular weight is 415 g/mol. The molecular weight excluding hydrogens is 394 g/mol. The molecule has 0 fully saturated rings. The Morgan fingerprint density at radius 2 is 1.87 bits per heavy atom. The standard InChI is InChI=1S/C23H21N5O3/c1-2-30-19-11-9-18(10-12-19)25-23(29)26-20-8-4-3-6-16(20)14-21-27-22(28-31-21)17-7-5-13-24-15-17/h3-13,15H,2,14H2,1H3,(H2,25,26,29). The zero-order valence-electron chi connectivity index (χ0n) is 16.9. The molecule has 156 valence electrons. The molecule has 0 aliphatic carbocycles. The number of para-hydroxylation sites is 1. The summed E-state index contributed by atoms with van der Waals surface area (Å²) in [6, 6.07) is 18.0. The van der Waals surface area contributed by atoms with Crippen LogP contribution in [0.25, 0.3) is 11.4 Å². The van der Waals surface area contributed by atoms with Crippen molar-refractivity contribution >= 4 is 17.4 Å². The number of carbonyl (C=O) groups is 1. The van der Waals surface area contributed by atoms with Crippen molar-refractivity contribution in [2.45, 2.75) is 13.3 Å². The Hall–Kier alpha value is -4.20. The molecule has 2 heterocycles. The third-order valence-corrected chi connectivity index (χ3v) is 4.42. The molecule has 8 heteroatoms. The van der Waals surface area contributed by atoms with Crippen LogP contribution in [0.5, 0.6) is 5.75 Å². The predicted molar refractivity (Wildman–Crippen MR) is 117 cm³/mol. The summed E-state index contributed by atoms with van der Waals surface area (Å²) in [6.07, 6.45) is 3.74. The fraction of sp³-hybridized carbons (Fsp3) is 0.130. The lowest BCUT2D eigenvalue weighted by atomic mass is 10.1. The van der Waals surface area contributed by atoms with E-state index in [1.807, 2.05) is 55.5 Å². The number of hydrogen-bond donors (Lipinski definition) is 2. The highest BCUT2D eigenvalue weighted by Crippen LogP contribution is 2.21. The van der Waals surface area contributed by atoms with Crippen molar-refractivity contribution in [2.75, 3.05) is 17.2 Å². The largest absolute Gasteiger partial charge is 0.494 e. The Morgan fingerprint density at radius 1 is 1.03 bits per heavy atom. The minimum atomic E-state index is -0.349. The molecule has 0 aliphatic rings. The first-order valence-electron chi connectivity index (χ1n) is 9.83. The van der Waals surface area contributed by atoms with Crippen LogP contribution in [-0.4, -0.2) is 27.8 Å². The minimum Gasteiger partial charge on any atom is -0.494 e. The SMILES string of the molecule is CCOc1ccc(NC(=O)Nc2ccccc2Cc2nc(-c3cccnc3)no2)cc1. The van der Waals surface area contributed by atoms with Crippen molar-refractivity contribution in [3.8, 4) is 17.1 Å². The molecule has 2 N–H and O–H groups in total.